The minimum Gasteiger partial charge on any atom is -0.468 e. The summed E-state index contributed by atoms with van der Waals surface area (Å²) >= 11 is 3.06. The molecule has 0 bridgehead atoms. The lowest BCUT2D eigenvalue weighted by Crippen LogP contribution is -2.37. The first-order chi connectivity index (χ1) is 16.2. The number of esters is 1. The van der Waals surface area contributed by atoms with Gasteiger partial charge in [0.25, 0.3) is 5.56 Å². The maximum atomic E-state index is 13.5. The molecule has 1 fully saturated rings. The highest BCUT2D eigenvalue weighted by atomic mass is 79.9. The second-order valence-corrected chi connectivity index (χ2v) is 9.36. The normalized spacial score (nSPS) is 22.9. The first-order valence-corrected chi connectivity index (χ1v) is 12.5. The summed E-state index contributed by atoms with van der Waals surface area (Å²) in [7, 11) is -3.14. The number of benzene rings is 1. The number of hydrogen-bond acceptors (Lipinski definition) is 9. The van der Waals surface area contributed by atoms with E-state index >= 15 is 0 Å². The van der Waals surface area contributed by atoms with E-state index in [1.54, 1.807) is 18.2 Å². The molecule has 0 saturated carbocycles. The van der Waals surface area contributed by atoms with Crippen molar-refractivity contribution < 1.29 is 33.0 Å². The predicted octanol–water partition coefficient (Wildman–Crippen LogP) is 1.86. The lowest BCUT2D eigenvalue weighted by molar-refractivity contribution is -0.143. The van der Waals surface area contributed by atoms with Crippen LogP contribution in [0.5, 0.6) is 5.75 Å². The number of H-pyrrole nitrogens is 1. The zero-order valence-electron chi connectivity index (χ0n) is 18.1. The van der Waals surface area contributed by atoms with E-state index in [1.807, 2.05) is 0 Å². The van der Waals surface area contributed by atoms with Crippen LogP contribution in [0.25, 0.3) is 6.08 Å². The van der Waals surface area contributed by atoms with Crippen LogP contribution < -0.4 is 20.9 Å². The monoisotopic (exact) mass is 559 g/mol. The van der Waals surface area contributed by atoms with Gasteiger partial charge in [0, 0.05) is 12.6 Å². The van der Waals surface area contributed by atoms with E-state index in [2.05, 4.69) is 30.7 Å². The van der Waals surface area contributed by atoms with Gasteiger partial charge in [0.2, 0.25) is 0 Å². The fraction of sp³-hybridized carbons (Fsp3) is 0.350. The Morgan fingerprint density at radius 1 is 1.38 bits per heavy atom. The number of nitrogens with zero attached hydrogens (tertiary/aromatic N) is 1. The molecule has 2 heterocycles. The Kier molecular flexibility index (Phi) is 8.63. The molecule has 2 aromatic rings. The van der Waals surface area contributed by atoms with Crippen molar-refractivity contribution in [1.82, 2.24) is 14.6 Å². The Morgan fingerprint density at radius 3 is 2.74 bits per heavy atom. The average Bonchev–Trinajstić information content (AvgIpc) is 3.14. The second-order valence-electron chi connectivity index (χ2n) is 7.19. The fourth-order valence-corrected chi connectivity index (χ4v) is 4.98. The Hall–Kier alpha value is -2.54. The molecule has 5 atom stereocenters. The predicted molar refractivity (Wildman–Crippen MR) is 124 cm³/mol. The molecule has 0 amide bonds. The summed E-state index contributed by atoms with van der Waals surface area (Å²) in [6.45, 7) is 1.39. The van der Waals surface area contributed by atoms with Crippen LogP contribution in [-0.2, 0) is 23.4 Å². The molecule has 3 rings (SSSR count). The van der Waals surface area contributed by atoms with Crippen molar-refractivity contribution in [2.75, 3.05) is 7.11 Å². The van der Waals surface area contributed by atoms with Crippen LogP contribution in [0.2, 0.25) is 0 Å². The van der Waals surface area contributed by atoms with Crippen LogP contribution in [0.4, 0.5) is 0 Å². The van der Waals surface area contributed by atoms with Gasteiger partial charge >= 0.3 is 19.4 Å². The number of aromatic nitrogens is 2. The van der Waals surface area contributed by atoms with Gasteiger partial charge in [0.15, 0.2) is 6.29 Å². The number of methoxy groups -OCH3 is 1. The van der Waals surface area contributed by atoms with E-state index < -0.39 is 49.6 Å². The molecule has 0 spiro atoms. The molecule has 1 saturated heterocycles. The van der Waals surface area contributed by atoms with Crippen molar-refractivity contribution in [2.24, 2.45) is 0 Å². The molecule has 3 N–H and O–H groups in total. The maximum Gasteiger partial charge on any atom is 0.461 e. The summed E-state index contributed by atoms with van der Waals surface area (Å²) in [5, 5.41) is 13.0. The number of hydrogen-bond donors (Lipinski definition) is 3. The average molecular weight is 560 g/mol. The number of rotatable bonds is 9. The van der Waals surface area contributed by atoms with Gasteiger partial charge in [-0.25, -0.2) is 9.36 Å². The minimum absolute atomic E-state index is 0.119. The van der Waals surface area contributed by atoms with Crippen molar-refractivity contribution in [3.05, 3.63) is 67.9 Å². The number of aliphatic hydroxyl groups is 1. The molecule has 2 unspecified atom stereocenters. The van der Waals surface area contributed by atoms with Gasteiger partial charge in [-0.2, -0.15) is 5.09 Å². The molecule has 12 nitrogen and oxygen atoms in total. The largest absolute Gasteiger partial charge is 0.468 e. The number of ether oxygens (including phenoxy) is 2. The van der Waals surface area contributed by atoms with Crippen LogP contribution in [0.1, 0.15) is 25.1 Å². The van der Waals surface area contributed by atoms with E-state index in [1.165, 1.54) is 43.4 Å². The quantitative estimate of drug-likeness (QED) is 0.305. The van der Waals surface area contributed by atoms with Gasteiger partial charge in [-0.05, 0) is 30.1 Å². The number of aromatic amines is 1. The van der Waals surface area contributed by atoms with E-state index in [-0.39, 0.29) is 17.7 Å². The van der Waals surface area contributed by atoms with Gasteiger partial charge in [-0.3, -0.25) is 23.7 Å². The van der Waals surface area contributed by atoms with Gasteiger partial charge in [-0.15, -0.1) is 0 Å². The molecule has 1 aromatic carbocycles. The highest BCUT2D eigenvalue weighted by Gasteiger charge is 2.43. The minimum atomic E-state index is -4.31. The molecule has 34 heavy (non-hydrogen) atoms. The number of aliphatic hydroxyl groups excluding tert-OH is 1. The standard InChI is InChI=1S/C20H23BrN3O9P/c1-12(18(27)30-2)23-34(29,32-14-6-4-3-5-7-14)33-19-15(25)10-16(31-19)24-11-13(8-9-21)17(26)22-20(24)28/h3-9,11-12,15-16,19,25H,10H2,1-2H3,(H,23,29)(H,22,26,28)/b9-8+/t12-,15-,16?,19+,34?/m0/s1. The molecule has 0 aliphatic carbocycles. The first-order valence-electron chi connectivity index (χ1n) is 10.00. The summed E-state index contributed by atoms with van der Waals surface area (Å²) in [6, 6.07) is 6.96. The van der Waals surface area contributed by atoms with Crippen LogP contribution in [0.15, 0.2) is 51.1 Å². The lowest BCUT2D eigenvalue weighted by atomic mass is 10.2. The molecule has 184 valence electrons. The van der Waals surface area contributed by atoms with Crippen LogP contribution >= 0.6 is 23.7 Å². The number of para-hydroxylation sites is 1. The molecule has 14 heteroatoms. The van der Waals surface area contributed by atoms with Gasteiger partial charge in [0.1, 0.15) is 24.1 Å². The summed E-state index contributed by atoms with van der Waals surface area (Å²) < 4.78 is 35.9. The summed E-state index contributed by atoms with van der Waals surface area (Å²) in [4.78, 5) is 39.7. The third-order valence-electron chi connectivity index (χ3n) is 4.71. The third kappa shape index (κ3) is 6.32. The van der Waals surface area contributed by atoms with Crippen molar-refractivity contribution in [3.63, 3.8) is 0 Å². The van der Waals surface area contributed by atoms with E-state index in [0.29, 0.717) is 0 Å². The summed E-state index contributed by atoms with van der Waals surface area (Å²) in [5.74, 6) is -0.555. The zero-order chi connectivity index (χ0) is 24.9. The molecule has 1 aliphatic rings. The molecule has 1 aliphatic heterocycles. The fourth-order valence-electron chi connectivity index (χ4n) is 3.10. The molecule has 1 aromatic heterocycles. The zero-order valence-corrected chi connectivity index (χ0v) is 20.6. The van der Waals surface area contributed by atoms with Crippen molar-refractivity contribution in [1.29, 1.82) is 0 Å². The number of halogens is 1. The van der Waals surface area contributed by atoms with Crippen molar-refractivity contribution in [2.45, 2.75) is 38.0 Å². The topological polar surface area (TPSA) is 158 Å². The Bertz CT molecular complexity index is 1200. The first kappa shape index (κ1) is 26.1. The van der Waals surface area contributed by atoms with Crippen LogP contribution in [0, 0.1) is 0 Å². The summed E-state index contributed by atoms with van der Waals surface area (Å²) in [5.41, 5.74) is -1.22. The number of carbonyl (C=O) groups is 1. The Balaban J connectivity index is 1.85. The summed E-state index contributed by atoms with van der Waals surface area (Å²) in [6.07, 6.45) is -1.29. The Labute approximate surface area is 202 Å². The van der Waals surface area contributed by atoms with Crippen LogP contribution in [-0.4, -0.2) is 46.2 Å². The highest BCUT2D eigenvalue weighted by molar-refractivity contribution is 9.11. The number of nitrogens with one attached hydrogen (secondary N) is 2. The van der Waals surface area contributed by atoms with Crippen molar-refractivity contribution >= 4 is 35.7 Å². The lowest BCUT2D eigenvalue weighted by Gasteiger charge is -2.26. The van der Waals surface area contributed by atoms with Gasteiger partial charge < -0.3 is 19.1 Å². The van der Waals surface area contributed by atoms with E-state index in [4.69, 9.17) is 13.8 Å². The highest BCUT2D eigenvalue weighted by Crippen LogP contribution is 2.48. The van der Waals surface area contributed by atoms with E-state index in [0.717, 1.165) is 4.57 Å². The Morgan fingerprint density at radius 2 is 2.09 bits per heavy atom. The molecule has 0 radical (unpaired) electrons. The molecular weight excluding hydrogens is 537 g/mol. The van der Waals surface area contributed by atoms with Crippen LogP contribution in [0.3, 0.4) is 0 Å². The van der Waals surface area contributed by atoms with E-state index in [9.17, 15) is 24.1 Å². The smallest absolute Gasteiger partial charge is 0.461 e. The SMILES string of the molecule is COC(=O)[C@H](C)NP(=O)(Oc1ccccc1)O[C@H]1OC(n2cc(/C=C/Br)c(=O)[nH]c2=O)C[C@@H]1O. The van der Waals surface area contributed by atoms with Gasteiger partial charge in [-0.1, -0.05) is 34.1 Å². The third-order valence-corrected chi connectivity index (χ3v) is 6.62. The number of carbonyl (C=O) groups excluding carboxylic acids is 1. The second kappa shape index (κ2) is 11.3. The van der Waals surface area contributed by atoms with Crippen molar-refractivity contribution in [3.8, 4) is 5.75 Å². The molecular formula is C20H23BrN3O9P. The maximum absolute atomic E-state index is 13.5. The van der Waals surface area contributed by atoms with Gasteiger partial charge in [0.05, 0.1) is 12.7 Å².